The van der Waals surface area contributed by atoms with Crippen molar-refractivity contribution in [1.29, 1.82) is 0 Å². The van der Waals surface area contributed by atoms with Gasteiger partial charge in [-0.2, -0.15) is 0 Å². The van der Waals surface area contributed by atoms with Crippen LogP contribution in [0.4, 0.5) is 0 Å². The van der Waals surface area contributed by atoms with Crippen molar-refractivity contribution < 1.29 is 14.9 Å². The fourth-order valence-corrected chi connectivity index (χ4v) is 6.83. The highest BCUT2D eigenvalue weighted by molar-refractivity contribution is 5.08. The number of piperidine rings is 1. The summed E-state index contributed by atoms with van der Waals surface area (Å²) >= 11 is 0. The molecule has 0 radical (unpaired) electrons. The Kier molecular flexibility index (Phi) is 8.94. The Morgan fingerprint density at radius 1 is 0.971 bits per heavy atom. The summed E-state index contributed by atoms with van der Waals surface area (Å²) in [6.45, 7) is 9.63. The number of nitrogens with one attached hydrogen (secondary N) is 4. The third kappa shape index (κ3) is 6.01. The van der Waals surface area contributed by atoms with E-state index in [9.17, 15) is 10.2 Å². The lowest BCUT2D eigenvalue weighted by molar-refractivity contribution is -0.0373. The number of aliphatic hydroxyl groups is 2. The Morgan fingerprint density at radius 2 is 1.86 bits per heavy atom. The lowest BCUT2D eigenvalue weighted by Gasteiger charge is -2.37. The number of likely N-dealkylation sites (N-methyl/N-ethyl adjacent to an activating group) is 1. The Balaban J connectivity index is 1.07. The lowest BCUT2D eigenvalue weighted by atomic mass is 9.88. The first-order valence-corrected chi connectivity index (χ1v) is 13.9. The first kappa shape index (κ1) is 26.2. The van der Waals surface area contributed by atoms with E-state index in [-0.39, 0.29) is 30.3 Å². The molecule has 9 atom stereocenters. The molecule has 0 aromatic heterocycles. The standard InChI is InChI=1S/C24H48N8O3/c1-30(9-10-31-7-4-8-32(12-11-31)18-5-2-3-6-26-18)14-17-21(33)22(34)23(35-17)16-13-27-20-19(16)28-15-29-24(20)25/h16-24,26-29,33-34H,2-15,25H2,1H3/t16?,17-,18?,19?,20?,21-,22-,23?,24?/m1/s1. The normalized spacial score (nSPS) is 44.0. The van der Waals surface area contributed by atoms with E-state index < -0.39 is 18.3 Å². The smallest absolute Gasteiger partial charge is 0.110 e. The van der Waals surface area contributed by atoms with Crippen molar-refractivity contribution in [3.05, 3.63) is 0 Å². The zero-order chi connectivity index (χ0) is 24.4. The van der Waals surface area contributed by atoms with Gasteiger partial charge in [-0.15, -0.1) is 0 Å². The van der Waals surface area contributed by atoms with E-state index >= 15 is 0 Å². The highest BCUT2D eigenvalue weighted by Crippen LogP contribution is 2.33. The zero-order valence-corrected chi connectivity index (χ0v) is 21.3. The fraction of sp³-hybridized carbons (Fsp3) is 1.00. The third-order valence-electron chi connectivity index (χ3n) is 8.96. The second-order valence-electron chi connectivity index (χ2n) is 11.3. The molecule has 0 bridgehead atoms. The molecule has 11 nitrogen and oxygen atoms in total. The van der Waals surface area contributed by atoms with Gasteiger partial charge in [0.2, 0.25) is 0 Å². The Hall–Kier alpha value is -0.440. The molecule has 35 heavy (non-hydrogen) atoms. The summed E-state index contributed by atoms with van der Waals surface area (Å²) in [7, 11) is 2.09. The largest absolute Gasteiger partial charge is 0.388 e. The molecule has 5 aliphatic rings. The molecule has 11 heteroatoms. The van der Waals surface area contributed by atoms with E-state index in [1.807, 2.05) is 0 Å². The maximum atomic E-state index is 10.8. The van der Waals surface area contributed by atoms with Crippen LogP contribution in [0.1, 0.15) is 25.7 Å². The number of fused-ring (bicyclic) bond motifs is 1. The molecule has 0 aromatic rings. The molecule has 5 heterocycles. The van der Waals surface area contributed by atoms with Crippen LogP contribution in [0.2, 0.25) is 0 Å². The van der Waals surface area contributed by atoms with Crippen LogP contribution in [0, 0.1) is 5.92 Å². The van der Waals surface area contributed by atoms with E-state index in [1.54, 1.807) is 0 Å². The van der Waals surface area contributed by atoms with Gasteiger partial charge < -0.3 is 41.1 Å². The van der Waals surface area contributed by atoms with Crippen molar-refractivity contribution in [1.82, 2.24) is 36.0 Å². The van der Waals surface area contributed by atoms with Gasteiger partial charge in [0, 0.05) is 64.4 Å². The Bertz CT molecular complexity index is 671. The van der Waals surface area contributed by atoms with Crippen LogP contribution in [0.3, 0.4) is 0 Å². The molecule has 6 unspecified atom stereocenters. The number of aliphatic hydroxyl groups excluding tert-OH is 2. The summed E-state index contributed by atoms with van der Waals surface area (Å²) in [5, 5.41) is 35.5. The predicted molar refractivity (Wildman–Crippen MR) is 135 cm³/mol. The van der Waals surface area contributed by atoms with Gasteiger partial charge in [-0.3, -0.25) is 15.5 Å². The van der Waals surface area contributed by atoms with Gasteiger partial charge in [-0.1, -0.05) is 0 Å². The van der Waals surface area contributed by atoms with E-state index in [0.29, 0.717) is 19.4 Å². The van der Waals surface area contributed by atoms with E-state index in [0.717, 1.165) is 45.8 Å². The average Bonchev–Trinajstić information content (AvgIpc) is 3.31. The topological polar surface area (TPSA) is 134 Å². The number of rotatable bonds is 7. The number of nitrogens with two attached hydrogens (primary N) is 1. The van der Waals surface area contributed by atoms with Crippen molar-refractivity contribution in [2.24, 2.45) is 11.7 Å². The summed E-state index contributed by atoms with van der Waals surface area (Å²) < 4.78 is 6.31. The molecule has 0 aromatic carbocycles. The van der Waals surface area contributed by atoms with Crippen LogP contribution in [0.15, 0.2) is 0 Å². The highest BCUT2D eigenvalue weighted by atomic mass is 16.5. The summed E-state index contributed by atoms with van der Waals surface area (Å²) in [5.41, 5.74) is 6.20. The molecule has 0 amide bonds. The van der Waals surface area contributed by atoms with Crippen LogP contribution in [0.5, 0.6) is 0 Å². The molecule has 0 saturated carbocycles. The van der Waals surface area contributed by atoms with E-state index in [4.69, 9.17) is 10.5 Å². The minimum absolute atomic E-state index is 0.0757. The van der Waals surface area contributed by atoms with Crippen molar-refractivity contribution in [2.75, 3.05) is 72.6 Å². The first-order chi connectivity index (χ1) is 17.0. The predicted octanol–water partition coefficient (Wildman–Crippen LogP) is -3.09. The maximum absolute atomic E-state index is 10.8. The molecular formula is C24H48N8O3. The maximum Gasteiger partial charge on any atom is 0.110 e. The molecular weight excluding hydrogens is 448 g/mol. The summed E-state index contributed by atoms with van der Waals surface area (Å²) in [5.74, 6) is 0.0757. The van der Waals surface area contributed by atoms with E-state index in [1.165, 1.54) is 32.2 Å². The molecule has 0 aliphatic carbocycles. The summed E-state index contributed by atoms with van der Waals surface area (Å²) in [6.07, 6.45) is 3.05. The van der Waals surface area contributed by atoms with Gasteiger partial charge in [0.15, 0.2) is 0 Å². The molecule has 5 aliphatic heterocycles. The third-order valence-corrected chi connectivity index (χ3v) is 8.96. The molecule has 202 valence electrons. The van der Waals surface area contributed by atoms with Gasteiger partial charge in [0.25, 0.3) is 0 Å². The summed E-state index contributed by atoms with van der Waals surface area (Å²) in [6, 6.07) is 0.225. The lowest BCUT2D eigenvalue weighted by Crippen LogP contribution is -2.66. The van der Waals surface area contributed by atoms with E-state index in [2.05, 4.69) is 43.0 Å². The Morgan fingerprint density at radius 3 is 2.69 bits per heavy atom. The van der Waals surface area contributed by atoms with Gasteiger partial charge in [0.1, 0.15) is 12.2 Å². The van der Waals surface area contributed by atoms with Crippen LogP contribution < -0.4 is 27.0 Å². The average molecular weight is 497 g/mol. The van der Waals surface area contributed by atoms with Crippen LogP contribution in [-0.2, 0) is 4.74 Å². The second kappa shape index (κ2) is 12.0. The number of hydrogen-bond acceptors (Lipinski definition) is 11. The summed E-state index contributed by atoms with van der Waals surface area (Å²) in [4.78, 5) is 7.45. The number of nitrogens with zero attached hydrogens (tertiary/aromatic N) is 3. The van der Waals surface area contributed by atoms with Crippen molar-refractivity contribution >= 4 is 0 Å². The number of ether oxygens (including phenoxy) is 1. The Labute approximate surface area is 210 Å². The van der Waals surface area contributed by atoms with Crippen molar-refractivity contribution in [3.8, 4) is 0 Å². The SMILES string of the molecule is CN(CCN1CCCN(C2CCCCN2)CC1)C[C@H]1OC(C2CNC3C(N)NCNC23)[C@H](O)[C@@H]1O. The molecule has 5 fully saturated rings. The first-order valence-electron chi connectivity index (χ1n) is 13.9. The van der Waals surface area contributed by atoms with Crippen molar-refractivity contribution in [2.45, 2.75) is 74.5 Å². The van der Waals surface area contributed by atoms with Crippen LogP contribution in [0.25, 0.3) is 0 Å². The minimum Gasteiger partial charge on any atom is -0.388 e. The molecule has 0 spiro atoms. The van der Waals surface area contributed by atoms with Gasteiger partial charge in [0.05, 0.1) is 30.6 Å². The van der Waals surface area contributed by atoms with Gasteiger partial charge in [-0.25, -0.2) is 0 Å². The quantitative estimate of drug-likeness (QED) is 0.193. The van der Waals surface area contributed by atoms with Crippen LogP contribution in [-0.4, -0.2) is 146 Å². The van der Waals surface area contributed by atoms with Crippen LogP contribution >= 0.6 is 0 Å². The highest BCUT2D eigenvalue weighted by Gasteiger charge is 2.52. The monoisotopic (exact) mass is 496 g/mol. The zero-order valence-electron chi connectivity index (χ0n) is 21.3. The van der Waals surface area contributed by atoms with Crippen molar-refractivity contribution in [3.63, 3.8) is 0 Å². The molecule has 5 saturated heterocycles. The van der Waals surface area contributed by atoms with Gasteiger partial charge >= 0.3 is 0 Å². The fourth-order valence-electron chi connectivity index (χ4n) is 6.83. The number of hydrogen-bond donors (Lipinski definition) is 7. The minimum atomic E-state index is -0.878. The van der Waals surface area contributed by atoms with Gasteiger partial charge in [-0.05, 0) is 45.8 Å². The second-order valence-corrected chi connectivity index (χ2v) is 11.3. The molecule has 5 rings (SSSR count). The molecule has 8 N–H and O–H groups in total.